The number of aryl methyl sites for hydroxylation is 3. The molecule has 1 amide bonds. The summed E-state index contributed by atoms with van der Waals surface area (Å²) in [7, 11) is 4.78. The number of methoxy groups -OCH3 is 1. The van der Waals surface area contributed by atoms with E-state index in [0.29, 0.717) is 39.7 Å². The maximum atomic E-state index is 13.3. The number of halogens is 1. The van der Waals surface area contributed by atoms with E-state index < -0.39 is 11.2 Å². The van der Waals surface area contributed by atoms with Gasteiger partial charge in [-0.2, -0.15) is 0 Å². The van der Waals surface area contributed by atoms with Gasteiger partial charge in [-0.15, -0.1) is 0 Å². The minimum absolute atomic E-state index is 0.0827. The van der Waals surface area contributed by atoms with Crippen molar-refractivity contribution in [3.05, 3.63) is 96.8 Å². The molecule has 2 fully saturated rings. The lowest BCUT2D eigenvalue weighted by Crippen LogP contribution is -2.67. The number of carbonyl (C=O) groups is 1. The molecule has 0 radical (unpaired) electrons. The molecule has 2 aliphatic heterocycles. The zero-order valence-electron chi connectivity index (χ0n) is 28.7. The van der Waals surface area contributed by atoms with Gasteiger partial charge in [-0.05, 0) is 68.0 Å². The van der Waals surface area contributed by atoms with Crippen molar-refractivity contribution in [1.82, 2.24) is 29.3 Å². The fraction of sp³-hybridized carbons (Fsp3) is 0.342. The first-order valence-corrected chi connectivity index (χ1v) is 17.2. The normalized spacial score (nSPS) is 18.0. The molecule has 0 saturated carbocycles. The molecule has 3 aromatic heterocycles. The van der Waals surface area contributed by atoms with E-state index in [1.54, 1.807) is 20.2 Å². The third-order valence-corrected chi connectivity index (χ3v) is 11.1. The molecular formula is C38H38ClN7O4. The van der Waals surface area contributed by atoms with Crippen molar-refractivity contribution in [2.24, 2.45) is 14.1 Å². The zero-order valence-corrected chi connectivity index (χ0v) is 29.4. The van der Waals surface area contributed by atoms with Gasteiger partial charge in [-0.25, -0.2) is 14.8 Å². The number of nitrogens with zero attached hydrogens (tertiary/aromatic N) is 5. The Morgan fingerprint density at radius 1 is 0.960 bits per heavy atom. The van der Waals surface area contributed by atoms with Crippen LogP contribution in [0, 0.1) is 13.8 Å². The molecule has 0 unspecified atom stereocenters. The molecule has 2 saturated heterocycles. The van der Waals surface area contributed by atoms with Gasteiger partial charge in [0.15, 0.2) is 0 Å². The first-order chi connectivity index (χ1) is 24.0. The van der Waals surface area contributed by atoms with E-state index in [2.05, 4.69) is 26.6 Å². The van der Waals surface area contributed by atoms with Crippen LogP contribution in [0.2, 0.25) is 5.02 Å². The molecule has 3 aliphatic rings. The third kappa shape index (κ3) is 5.01. The largest absolute Gasteiger partial charge is 0.481 e. The number of aromatic nitrogens is 4. The van der Waals surface area contributed by atoms with Crippen LogP contribution in [-0.2, 0) is 25.3 Å². The van der Waals surface area contributed by atoms with Crippen LogP contribution < -0.4 is 26.6 Å². The summed E-state index contributed by atoms with van der Waals surface area (Å²) in [4.78, 5) is 49.9. The van der Waals surface area contributed by atoms with E-state index in [-0.39, 0.29) is 17.5 Å². The van der Waals surface area contributed by atoms with E-state index >= 15 is 0 Å². The number of fused-ring (bicyclic) bond motifs is 2. The lowest BCUT2D eigenvalue weighted by molar-refractivity contribution is -0.121. The van der Waals surface area contributed by atoms with Crippen LogP contribution in [0.1, 0.15) is 47.7 Å². The van der Waals surface area contributed by atoms with Gasteiger partial charge in [0.25, 0.3) is 5.56 Å². The number of likely N-dealkylation sites (tertiary alicyclic amines) is 1. The van der Waals surface area contributed by atoms with Gasteiger partial charge in [0, 0.05) is 67.7 Å². The summed E-state index contributed by atoms with van der Waals surface area (Å²) in [5, 5.41) is 7.49. The Kier molecular flexibility index (Phi) is 7.61. The number of anilines is 2. The Hall–Kier alpha value is -5.00. The lowest BCUT2D eigenvalue weighted by atomic mass is 9.86. The van der Waals surface area contributed by atoms with Gasteiger partial charge in [0.2, 0.25) is 11.8 Å². The predicted molar refractivity (Wildman–Crippen MR) is 194 cm³/mol. The summed E-state index contributed by atoms with van der Waals surface area (Å²) >= 11 is 7.24. The highest BCUT2D eigenvalue weighted by atomic mass is 35.5. The van der Waals surface area contributed by atoms with Crippen LogP contribution in [0.4, 0.5) is 11.5 Å². The topological polar surface area (TPSA) is 123 Å². The molecule has 256 valence electrons. The quantitative estimate of drug-likeness (QED) is 0.245. The smallest absolute Gasteiger partial charge is 0.330 e. The molecule has 5 heterocycles. The van der Waals surface area contributed by atoms with E-state index in [1.165, 1.54) is 17.2 Å². The molecule has 2 aromatic carbocycles. The van der Waals surface area contributed by atoms with E-state index in [4.69, 9.17) is 21.3 Å². The summed E-state index contributed by atoms with van der Waals surface area (Å²) in [5.41, 5.74) is 7.61. The fourth-order valence-electron chi connectivity index (χ4n) is 8.14. The minimum atomic E-state index is -0.414. The molecular weight excluding hydrogens is 654 g/mol. The van der Waals surface area contributed by atoms with Crippen molar-refractivity contribution in [2.75, 3.05) is 25.5 Å². The van der Waals surface area contributed by atoms with Gasteiger partial charge < -0.3 is 15.4 Å². The molecule has 1 atom stereocenters. The molecule has 50 heavy (non-hydrogen) atoms. The van der Waals surface area contributed by atoms with Gasteiger partial charge >= 0.3 is 5.69 Å². The van der Waals surface area contributed by atoms with Crippen LogP contribution in [0.3, 0.4) is 0 Å². The number of hydrogen-bond donors (Lipinski definition) is 2. The second-order valence-electron chi connectivity index (χ2n) is 13.9. The molecule has 0 bridgehead atoms. The number of ether oxygens (including phenoxy) is 1. The van der Waals surface area contributed by atoms with Crippen LogP contribution in [0.15, 0.2) is 58.1 Å². The second kappa shape index (κ2) is 11.8. The van der Waals surface area contributed by atoms with Gasteiger partial charge in [-0.3, -0.25) is 23.6 Å². The van der Waals surface area contributed by atoms with Crippen molar-refractivity contribution in [3.8, 4) is 28.3 Å². The average Bonchev–Trinajstić information content (AvgIpc) is 3.70. The monoisotopic (exact) mass is 691 g/mol. The molecule has 2 N–H and O–H groups in total. The Balaban J connectivity index is 1.13. The predicted octanol–water partition coefficient (Wildman–Crippen LogP) is 5.34. The SMILES string of the molecule is COc1nc(-c2cccc(-c3cccc(Nc4nc(C)cc5c4c(=O)n(C)c(=O)n5C)c3C)c2Cl)cc2c1[C@@H](N1CC3(CCC(=O)N3)C1)CC2. The minimum Gasteiger partial charge on any atom is -0.481 e. The van der Waals surface area contributed by atoms with Crippen molar-refractivity contribution >= 4 is 39.9 Å². The summed E-state index contributed by atoms with van der Waals surface area (Å²) in [6.45, 7) is 5.53. The highest BCUT2D eigenvalue weighted by molar-refractivity contribution is 6.36. The van der Waals surface area contributed by atoms with Crippen molar-refractivity contribution in [1.29, 1.82) is 0 Å². The Morgan fingerprint density at radius 2 is 1.70 bits per heavy atom. The summed E-state index contributed by atoms with van der Waals surface area (Å²) in [6, 6.07) is 15.9. The molecule has 5 aromatic rings. The summed E-state index contributed by atoms with van der Waals surface area (Å²) in [6.07, 6.45) is 3.38. The maximum Gasteiger partial charge on any atom is 0.330 e. The second-order valence-corrected chi connectivity index (χ2v) is 14.2. The Labute approximate surface area is 293 Å². The number of carbonyl (C=O) groups excluding carboxylic acids is 1. The van der Waals surface area contributed by atoms with E-state index in [9.17, 15) is 14.4 Å². The van der Waals surface area contributed by atoms with Crippen molar-refractivity contribution in [3.63, 3.8) is 0 Å². The van der Waals surface area contributed by atoms with Crippen LogP contribution >= 0.6 is 11.6 Å². The Morgan fingerprint density at radius 3 is 2.44 bits per heavy atom. The summed E-state index contributed by atoms with van der Waals surface area (Å²) in [5.74, 6) is 1.14. The van der Waals surface area contributed by atoms with E-state index in [0.717, 1.165) is 76.1 Å². The molecule has 12 heteroatoms. The summed E-state index contributed by atoms with van der Waals surface area (Å²) < 4.78 is 8.47. The first kappa shape index (κ1) is 32.2. The van der Waals surface area contributed by atoms with Crippen molar-refractivity contribution < 1.29 is 9.53 Å². The fourth-order valence-corrected chi connectivity index (χ4v) is 8.46. The van der Waals surface area contributed by atoms with Crippen LogP contribution in [0.5, 0.6) is 5.88 Å². The highest BCUT2D eigenvalue weighted by Gasteiger charge is 2.51. The average molecular weight is 692 g/mol. The molecule has 1 aliphatic carbocycles. The van der Waals surface area contributed by atoms with E-state index in [1.807, 2.05) is 50.2 Å². The number of pyridine rings is 2. The third-order valence-electron chi connectivity index (χ3n) is 10.7. The number of rotatable bonds is 6. The number of amides is 1. The zero-order chi connectivity index (χ0) is 35.1. The van der Waals surface area contributed by atoms with Crippen LogP contribution in [-0.4, -0.2) is 55.6 Å². The standard InChI is InChI=1S/C38H38ClN7O4/c1-20-16-29-32(36(48)45(4)37(49)44(29)3)34(40-20)41-26-11-7-8-23(21(26)2)24-9-6-10-25(33(24)39)27-17-22-12-13-28(31(22)35(42-27)50-5)46-18-38(19-46)15-14-30(47)43-38/h6-11,16-17,28H,12-15,18-19H2,1-5H3,(H,40,41)(H,43,47)/t28-/m0/s1. The highest BCUT2D eigenvalue weighted by Crippen LogP contribution is 2.47. The molecule has 1 spiro atoms. The first-order valence-electron chi connectivity index (χ1n) is 16.8. The van der Waals surface area contributed by atoms with Crippen molar-refractivity contribution in [2.45, 2.75) is 51.1 Å². The van der Waals surface area contributed by atoms with Crippen LogP contribution in [0.25, 0.3) is 33.3 Å². The number of nitrogens with one attached hydrogen (secondary N) is 2. The van der Waals surface area contributed by atoms with Gasteiger partial charge in [-0.1, -0.05) is 41.9 Å². The van der Waals surface area contributed by atoms with Gasteiger partial charge in [0.05, 0.1) is 28.9 Å². The molecule has 11 nitrogen and oxygen atoms in total. The number of hydrogen-bond acceptors (Lipinski definition) is 8. The lowest BCUT2D eigenvalue weighted by Gasteiger charge is -2.50. The molecule has 8 rings (SSSR count). The Bertz CT molecular complexity index is 2380. The maximum absolute atomic E-state index is 13.3. The van der Waals surface area contributed by atoms with Gasteiger partial charge in [0.1, 0.15) is 11.2 Å². The number of benzene rings is 2.